The number of rotatable bonds is 5. The minimum Gasteiger partial charge on any atom is -0.481 e. The Kier molecular flexibility index (Phi) is 4.36. The van der Waals surface area contributed by atoms with Crippen LogP contribution in [-0.2, 0) is 0 Å². The maximum atomic E-state index is 12.5. The highest BCUT2D eigenvalue weighted by Crippen LogP contribution is 2.36. The average Bonchev–Trinajstić information content (AvgIpc) is 3.41. The van der Waals surface area contributed by atoms with Gasteiger partial charge in [0.05, 0.1) is 7.11 Å². The predicted octanol–water partition coefficient (Wildman–Crippen LogP) is 0.775. The van der Waals surface area contributed by atoms with Crippen LogP contribution in [0.4, 0.5) is 5.82 Å². The van der Waals surface area contributed by atoms with Crippen LogP contribution in [0.5, 0.6) is 5.88 Å². The number of imidazole rings is 1. The molecule has 0 radical (unpaired) electrons. The Morgan fingerprint density at radius 1 is 1.23 bits per heavy atom. The average molecular weight is 358 g/mol. The Balaban J connectivity index is 1.45. The van der Waals surface area contributed by atoms with Crippen LogP contribution in [0.2, 0.25) is 0 Å². The van der Waals surface area contributed by atoms with Crippen LogP contribution in [0.1, 0.15) is 36.2 Å². The van der Waals surface area contributed by atoms with Gasteiger partial charge in [-0.3, -0.25) is 4.79 Å². The van der Waals surface area contributed by atoms with Crippen molar-refractivity contribution >= 4 is 11.7 Å². The molecule has 2 aromatic heterocycles. The molecule has 1 aliphatic heterocycles. The van der Waals surface area contributed by atoms with Crippen LogP contribution < -0.4 is 15.3 Å². The van der Waals surface area contributed by atoms with Gasteiger partial charge in [0.25, 0.3) is 5.91 Å². The molecule has 2 fully saturated rings. The van der Waals surface area contributed by atoms with Gasteiger partial charge in [0.2, 0.25) is 5.88 Å². The summed E-state index contributed by atoms with van der Waals surface area (Å²) in [5, 5.41) is 0. The molecule has 4 rings (SSSR count). The minimum absolute atomic E-state index is 0.136. The Bertz CT molecular complexity index is 835. The van der Waals surface area contributed by atoms with Gasteiger partial charge in [-0.1, -0.05) is 0 Å². The van der Waals surface area contributed by atoms with E-state index in [1.807, 2.05) is 6.07 Å². The third-order valence-electron chi connectivity index (χ3n) is 5.01. The van der Waals surface area contributed by atoms with Crippen molar-refractivity contribution in [3.63, 3.8) is 0 Å². The van der Waals surface area contributed by atoms with E-state index in [-0.39, 0.29) is 11.6 Å². The number of piperidine rings is 1. The molecule has 138 valence electrons. The quantitative estimate of drug-likeness (QED) is 0.818. The fourth-order valence-electron chi connectivity index (χ4n) is 3.57. The SMILES string of the molecule is COc1cc(N(C2CC2)C2CCN(C(=O)c3c[nH]c(=O)[nH]3)CC2)ncn1. The first-order valence-corrected chi connectivity index (χ1v) is 8.87. The van der Waals surface area contributed by atoms with E-state index in [1.54, 1.807) is 12.0 Å². The number of nitrogens with one attached hydrogen (secondary N) is 2. The highest BCUT2D eigenvalue weighted by atomic mass is 16.5. The number of hydrogen-bond donors (Lipinski definition) is 2. The lowest BCUT2D eigenvalue weighted by Crippen LogP contribution is -2.48. The Morgan fingerprint density at radius 2 is 1.96 bits per heavy atom. The standard InChI is InChI=1S/C17H22N6O3/c1-26-15-8-14(19-10-20-15)23(11-2-3-11)12-4-6-22(7-5-12)16(24)13-9-18-17(25)21-13/h8-12H,2-7H2,1H3,(H2,18,21,25). The molecule has 0 spiro atoms. The molecule has 1 saturated heterocycles. The van der Waals surface area contributed by atoms with E-state index in [9.17, 15) is 9.59 Å². The van der Waals surface area contributed by atoms with E-state index in [0.717, 1.165) is 31.5 Å². The number of nitrogens with zero attached hydrogens (tertiary/aromatic N) is 4. The Labute approximate surface area is 150 Å². The zero-order chi connectivity index (χ0) is 18.1. The van der Waals surface area contributed by atoms with Gasteiger partial charge >= 0.3 is 5.69 Å². The zero-order valence-corrected chi connectivity index (χ0v) is 14.6. The van der Waals surface area contributed by atoms with Crippen LogP contribution in [0.25, 0.3) is 0 Å². The number of aromatic amines is 2. The lowest BCUT2D eigenvalue weighted by molar-refractivity contribution is 0.0706. The van der Waals surface area contributed by atoms with Crippen molar-refractivity contribution < 1.29 is 9.53 Å². The van der Waals surface area contributed by atoms with Crippen LogP contribution in [-0.4, -0.2) is 63.0 Å². The van der Waals surface area contributed by atoms with Gasteiger partial charge < -0.3 is 24.5 Å². The number of anilines is 1. The maximum absolute atomic E-state index is 12.5. The lowest BCUT2D eigenvalue weighted by atomic mass is 10.0. The Morgan fingerprint density at radius 3 is 2.58 bits per heavy atom. The van der Waals surface area contributed by atoms with Gasteiger partial charge in [-0.25, -0.2) is 14.8 Å². The number of aromatic nitrogens is 4. The fraction of sp³-hybridized carbons (Fsp3) is 0.529. The summed E-state index contributed by atoms with van der Waals surface area (Å²) < 4.78 is 5.23. The second-order valence-corrected chi connectivity index (χ2v) is 6.74. The number of ether oxygens (including phenoxy) is 1. The molecule has 0 aromatic carbocycles. The maximum Gasteiger partial charge on any atom is 0.323 e. The predicted molar refractivity (Wildman–Crippen MR) is 94.4 cm³/mol. The van der Waals surface area contributed by atoms with E-state index in [1.165, 1.54) is 12.5 Å². The molecule has 0 atom stereocenters. The molecule has 0 unspecified atom stereocenters. The van der Waals surface area contributed by atoms with Crippen molar-refractivity contribution in [2.75, 3.05) is 25.1 Å². The molecule has 1 aliphatic carbocycles. The van der Waals surface area contributed by atoms with Crippen molar-refractivity contribution in [2.24, 2.45) is 0 Å². The zero-order valence-electron chi connectivity index (χ0n) is 14.6. The van der Waals surface area contributed by atoms with Crippen molar-refractivity contribution in [3.05, 3.63) is 34.8 Å². The van der Waals surface area contributed by atoms with E-state index in [4.69, 9.17) is 4.74 Å². The second-order valence-electron chi connectivity index (χ2n) is 6.74. The number of methoxy groups -OCH3 is 1. The first-order chi connectivity index (χ1) is 12.7. The number of amides is 1. The lowest BCUT2D eigenvalue weighted by Gasteiger charge is -2.39. The number of H-pyrrole nitrogens is 2. The second kappa shape index (κ2) is 6.81. The van der Waals surface area contributed by atoms with Crippen LogP contribution >= 0.6 is 0 Å². The van der Waals surface area contributed by atoms with Crippen molar-refractivity contribution in [2.45, 2.75) is 37.8 Å². The molecule has 2 aliphatic rings. The first-order valence-electron chi connectivity index (χ1n) is 8.87. The first kappa shape index (κ1) is 16.6. The van der Waals surface area contributed by atoms with Crippen molar-refractivity contribution in [3.8, 4) is 5.88 Å². The topological polar surface area (TPSA) is 107 Å². The van der Waals surface area contributed by atoms with Gasteiger partial charge in [0.15, 0.2) is 0 Å². The molecular weight excluding hydrogens is 336 g/mol. The minimum atomic E-state index is -0.360. The summed E-state index contributed by atoms with van der Waals surface area (Å²) in [5.74, 6) is 1.31. The number of hydrogen-bond acceptors (Lipinski definition) is 6. The molecule has 2 N–H and O–H groups in total. The molecule has 9 nitrogen and oxygen atoms in total. The monoisotopic (exact) mass is 358 g/mol. The fourth-order valence-corrected chi connectivity index (χ4v) is 3.57. The van der Waals surface area contributed by atoms with E-state index < -0.39 is 0 Å². The molecule has 1 saturated carbocycles. The van der Waals surface area contributed by atoms with E-state index in [2.05, 4.69) is 24.8 Å². The van der Waals surface area contributed by atoms with E-state index >= 15 is 0 Å². The molecular formula is C17H22N6O3. The number of carbonyl (C=O) groups excluding carboxylic acids is 1. The number of likely N-dealkylation sites (tertiary alicyclic amines) is 1. The van der Waals surface area contributed by atoms with Gasteiger partial charge in [-0.05, 0) is 25.7 Å². The van der Waals surface area contributed by atoms with Crippen LogP contribution in [0.3, 0.4) is 0 Å². The molecule has 0 bridgehead atoms. The third-order valence-corrected chi connectivity index (χ3v) is 5.01. The number of carbonyl (C=O) groups is 1. The highest BCUT2D eigenvalue weighted by molar-refractivity contribution is 5.92. The third kappa shape index (κ3) is 3.29. The van der Waals surface area contributed by atoms with E-state index in [0.29, 0.717) is 36.7 Å². The van der Waals surface area contributed by atoms with Crippen molar-refractivity contribution in [1.82, 2.24) is 24.8 Å². The largest absolute Gasteiger partial charge is 0.481 e. The summed E-state index contributed by atoms with van der Waals surface area (Å²) in [6, 6.07) is 2.71. The van der Waals surface area contributed by atoms with Gasteiger partial charge in [0.1, 0.15) is 17.8 Å². The summed E-state index contributed by atoms with van der Waals surface area (Å²) in [5.41, 5.74) is -0.0473. The van der Waals surface area contributed by atoms with Crippen LogP contribution in [0.15, 0.2) is 23.4 Å². The summed E-state index contributed by atoms with van der Waals surface area (Å²) in [6.07, 6.45) is 7.02. The molecule has 3 heterocycles. The summed E-state index contributed by atoms with van der Waals surface area (Å²) in [6.45, 7) is 1.31. The van der Waals surface area contributed by atoms with Gasteiger partial charge in [-0.15, -0.1) is 0 Å². The van der Waals surface area contributed by atoms with Crippen molar-refractivity contribution in [1.29, 1.82) is 0 Å². The molecule has 2 aromatic rings. The summed E-state index contributed by atoms with van der Waals surface area (Å²) in [4.78, 5) is 41.4. The normalized spacial score (nSPS) is 18.0. The van der Waals surface area contributed by atoms with Crippen LogP contribution in [0, 0.1) is 0 Å². The van der Waals surface area contributed by atoms with Gasteiger partial charge in [-0.2, -0.15) is 0 Å². The Hall–Kier alpha value is -2.84. The smallest absolute Gasteiger partial charge is 0.323 e. The highest BCUT2D eigenvalue weighted by Gasteiger charge is 2.37. The molecule has 1 amide bonds. The molecule has 9 heteroatoms. The van der Waals surface area contributed by atoms with Gasteiger partial charge in [0, 0.05) is 37.4 Å². The summed E-state index contributed by atoms with van der Waals surface area (Å²) in [7, 11) is 1.60. The molecule has 26 heavy (non-hydrogen) atoms. The summed E-state index contributed by atoms with van der Waals surface area (Å²) >= 11 is 0.